The summed E-state index contributed by atoms with van der Waals surface area (Å²) in [6, 6.07) is 6.77. The topological polar surface area (TPSA) is 34.1 Å². The monoisotopic (exact) mass is 294 g/mol. The third-order valence-corrected chi connectivity index (χ3v) is 4.02. The van der Waals surface area contributed by atoms with Crippen molar-refractivity contribution in [1.29, 1.82) is 0 Å². The summed E-state index contributed by atoms with van der Waals surface area (Å²) in [4.78, 5) is 4.57. The van der Waals surface area contributed by atoms with Crippen LogP contribution in [0.5, 0.6) is 0 Å². The average molecular weight is 294 g/mol. The summed E-state index contributed by atoms with van der Waals surface area (Å²) in [6.07, 6.45) is 1.02. The molecule has 1 N–H and O–H groups in total. The van der Waals surface area contributed by atoms with Crippen molar-refractivity contribution in [1.82, 2.24) is 10.3 Å². The Morgan fingerprint density at radius 2 is 2.10 bits per heavy atom. The molecule has 3 nitrogen and oxygen atoms in total. The number of halogens is 1. The van der Waals surface area contributed by atoms with Crippen molar-refractivity contribution >= 4 is 11.3 Å². The molecule has 0 aliphatic carbocycles. The van der Waals surface area contributed by atoms with E-state index in [0.717, 1.165) is 29.2 Å². The summed E-state index contributed by atoms with van der Waals surface area (Å²) < 4.78 is 18.0. The molecular formula is C15H19FN2OS. The van der Waals surface area contributed by atoms with E-state index in [9.17, 15) is 4.39 Å². The molecule has 2 rings (SSSR count). The summed E-state index contributed by atoms with van der Waals surface area (Å²) in [5.41, 5.74) is 1.95. The number of aromatic nitrogens is 1. The van der Waals surface area contributed by atoms with Gasteiger partial charge in [0.2, 0.25) is 0 Å². The highest BCUT2D eigenvalue weighted by atomic mass is 32.1. The van der Waals surface area contributed by atoms with Crippen molar-refractivity contribution < 1.29 is 9.13 Å². The van der Waals surface area contributed by atoms with E-state index in [2.05, 4.69) is 17.2 Å². The van der Waals surface area contributed by atoms with Crippen LogP contribution < -0.4 is 5.32 Å². The summed E-state index contributed by atoms with van der Waals surface area (Å²) in [5, 5.41) is 6.37. The molecular weight excluding hydrogens is 275 g/mol. The summed E-state index contributed by atoms with van der Waals surface area (Å²) in [6.45, 7) is 3.55. The van der Waals surface area contributed by atoms with Gasteiger partial charge in [-0.3, -0.25) is 0 Å². The SMILES string of the molecule is CCC(COC)NCc1csc(-c2ccc(F)cc2)n1. The van der Waals surface area contributed by atoms with Crippen LogP contribution in [0.3, 0.4) is 0 Å². The van der Waals surface area contributed by atoms with Gasteiger partial charge in [0, 0.05) is 30.6 Å². The third kappa shape index (κ3) is 4.10. The first kappa shape index (κ1) is 15.1. The summed E-state index contributed by atoms with van der Waals surface area (Å²) >= 11 is 1.58. The molecule has 2 aromatic rings. The number of hydrogen-bond acceptors (Lipinski definition) is 4. The minimum atomic E-state index is -0.224. The summed E-state index contributed by atoms with van der Waals surface area (Å²) in [5.74, 6) is -0.224. The minimum absolute atomic E-state index is 0.224. The predicted octanol–water partition coefficient (Wildman–Crippen LogP) is 3.46. The van der Waals surface area contributed by atoms with Gasteiger partial charge in [-0.25, -0.2) is 9.37 Å². The first-order chi connectivity index (χ1) is 9.72. The van der Waals surface area contributed by atoms with Gasteiger partial charge in [0.25, 0.3) is 0 Å². The van der Waals surface area contributed by atoms with Crippen LogP contribution in [-0.2, 0) is 11.3 Å². The standard InChI is InChI=1S/C15H19FN2OS/c1-3-13(9-19-2)17-8-14-10-20-15(18-14)11-4-6-12(16)7-5-11/h4-7,10,13,17H,3,8-9H2,1-2H3. The van der Waals surface area contributed by atoms with E-state index in [1.165, 1.54) is 12.1 Å². The first-order valence-electron chi connectivity index (χ1n) is 6.65. The van der Waals surface area contributed by atoms with E-state index in [1.807, 2.05) is 5.38 Å². The molecule has 0 fully saturated rings. The predicted molar refractivity (Wildman–Crippen MR) is 80.3 cm³/mol. The molecule has 1 aromatic heterocycles. The van der Waals surface area contributed by atoms with Gasteiger partial charge >= 0.3 is 0 Å². The molecule has 0 amide bonds. The van der Waals surface area contributed by atoms with Crippen LogP contribution in [0, 0.1) is 5.82 Å². The third-order valence-electron chi connectivity index (χ3n) is 3.08. The Bertz CT molecular complexity index is 527. The fourth-order valence-corrected chi connectivity index (χ4v) is 2.71. The highest BCUT2D eigenvalue weighted by molar-refractivity contribution is 7.13. The average Bonchev–Trinajstić information content (AvgIpc) is 2.93. The van der Waals surface area contributed by atoms with E-state index in [4.69, 9.17) is 4.74 Å². The minimum Gasteiger partial charge on any atom is -0.383 e. The number of rotatable bonds is 7. The van der Waals surface area contributed by atoms with Crippen LogP contribution in [0.4, 0.5) is 4.39 Å². The van der Waals surface area contributed by atoms with Gasteiger partial charge < -0.3 is 10.1 Å². The van der Waals surface area contributed by atoms with Gasteiger partial charge in [0.1, 0.15) is 10.8 Å². The number of thiazole rings is 1. The molecule has 1 unspecified atom stereocenters. The molecule has 0 aliphatic heterocycles. The highest BCUT2D eigenvalue weighted by Crippen LogP contribution is 2.23. The second-order valence-electron chi connectivity index (χ2n) is 4.59. The zero-order valence-corrected chi connectivity index (χ0v) is 12.5. The van der Waals surface area contributed by atoms with E-state index >= 15 is 0 Å². The maximum atomic E-state index is 12.9. The Hall–Kier alpha value is -1.30. The van der Waals surface area contributed by atoms with Crippen LogP contribution in [0.1, 0.15) is 19.0 Å². The lowest BCUT2D eigenvalue weighted by Gasteiger charge is -2.14. The van der Waals surface area contributed by atoms with E-state index in [1.54, 1.807) is 30.6 Å². The fourth-order valence-electron chi connectivity index (χ4n) is 1.88. The first-order valence-corrected chi connectivity index (χ1v) is 7.53. The largest absolute Gasteiger partial charge is 0.383 e. The maximum absolute atomic E-state index is 12.9. The van der Waals surface area contributed by atoms with Crippen LogP contribution in [0.2, 0.25) is 0 Å². The van der Waals surface area contributed by atoms with Gasteiger partial charge in [-0.2, -0.15) is 0 Å². The van der Waals surface area contributed by atoms with Crippen molar-refractivity contribution in [3.63, 3.8) is 0 Å². The van der Waals surface area contributed by atoms with E-state index in [-0.39, 0.29) is 5.82 Å². The van der Waals surface area contributed by atoms with Crippen molar-refractivity contribution in [3.05, 3.63) is 41.2 Å². The number of nitrogens with zero attached hydrogens (tertiary/aromatic N) is 1. The molecule has 0 radical (unpaired) electrons. The van der Waals surface area contributed by atoms with Crippen molar-refractivity contribution in [3.8, 4) is 10.6 Å². The molecule has 1 atom stereocenters. The Morgan fingerprint density at radius 3 is 2.75 bits per heavy atom. The van der Waals surface area contributed by atoms with E-state index in [0.29, 0.717) is 12.6 Å². The Morgan fingerprint density at radius 1 is 1.35 bits per heavy atom. The molecule has 0 aliphatic rings. The van der Waals surface area contributed by atoms with Crippen LogP contribution in [0.25, 0.3) is 10.6 Å². The molecule has 108 valence electrons. The van der Waals surface area contributed by atoms with Crippen molar-refractivity contribution in [2.24, 2.45) is 0 Å². The van der Waals surface area contributed by atoms with Crippen molar-refractivity contribution in [2.75, 3.05) is 13.7 Å². The molecule has 1 aromatic carbocycles. The van der Waals surface area contributed by atoms with Crippen LogP contribution in [-0.4, -0.2) is 24.7 Å². The molecule has 5 heteroatoms. The normalized spacial score (nSPS) is 12.6. The number of hydrogen-bond donors (Lipinski definition) is 1. The molecule has 0 spiro atoms. The zero-order valence-electron chi connectivity index (χ0n) is 11.7. The van der Waals surface area contributed by atoms with Gasteiger partial charge in [-0.1, -0.05) is 6.92 Å². The summed E-state index contributed by atoms with van der Waals surface area (Å²) in [7, 11) is 1.71. The Balaban J connectivity index is 1.96. The molecule has 0 bridgehead atoms. The van der Waals surface area contributed by atoms with Gasteiger partial charge in [-0.15, -0.1) is 11.3 Å². The van der Waals surface area contributed by atoms with Gasteiger partial charge in [0.15, 0.2) is 0 Å². The smallest absolute Gasteiger partial charge is 0.123 e. The molecule has 0 saturated carbocycles. The number of benzene rings is 1. The second kappa shape index (κ2) is 7.47. The lowest BCUT2D eigenvalue weighted by Crippen LogP contribution is -2.32. The van der Waals surface area contributed by atoms with Crippen molar-refractivity contribution in [2.45, 2.75) is 25.9 Å². The zero-order chi connectivity index (χ0) is 14.4. The number of ether oxygens (including phenoxy) is 1. The van der Waals surface area contributed by atoms with Crippen LogP contribution >= 0.6 is 11.3 Å². The molecule has 0 saturated heterocycles. The van der Waals surface area contributed by atoms with E-state index < -0.39 is 0 Å². The Labute approximate surface area is 122 Å². The lowest BCUT2D eigenvalue weighted by molar-refractivity contribution is 0.163. The number of methoxy groups -OCH3 is 1. The van der Waals surface area contributed by atoms with Gasteiger partial charge in [0.05, 0.1) is 12.3 Å². The quantitative estimate of drug-likeness (QED) is 0.849. The number of nitrogens with one attached hydrogen (secondary N) is 1. The lowest BCUT2D eigenvalue weighted by atomic mass is 10.2. The van der Waals surface area contributed by atoms with Gasteiger partial charge in [-0.05, 0) is 30.7 Å². The maximum Gasteiger partial charge on any atom is 0.123 e. The van der Waals surface area contributed by atoms with Crippen LogP contribution in [0.15, 0.2) is 29.6 Å². The molecule has 20 heavy (non-hydrogen) atoms. The fraction of sp³-hybridized carbons (Fsp3) is 0.400. The second-order valence-corrected chi connectivity index (χ2v) is 5.45. The Kier molecular flexibility index (Phi) is 5.64. The molecule has 1 heterocycles. The highest BCUT2D eigenvalue weighted by Gasteiger charge is 2.08.